The molecular weight excluding hydrogens is 256 g/mol. The van der Waals surface area contributed by atoms with Crippen molar-refractivity contribution in [2.75, 3.05) is 26.2 Å². The van der Waals surface area contributed by atoms with Crippen LogP contribution in [0.4, 0.5) is 0 Å². The average molecular weight is 284 g/mol. The van der Waals surface area contributed by atoms with Gasteiger partial charge in [0.05, 0.1) is 6.10 Å². The molecule has 0 spiro atoms. The van der Waals surface area contributed by atoms with Gasteiger partial charge in [-0.1, -0.05) is 27.7 Å². The molecule has 1 atom stereocenters. The Hall–Kier alpha value is -1.10. The van der Waals surface area contributed by atoms with Crippen LogP contribution >= 0.6 is 0 Å². The molecule has 5 heteroatoms. The van der Waals surface area contributed by atoms with E-state index in [4.69, 9.17) is 4.74 Å². The van der Waals surface area contributed by atoms with Crippen molar-refractivity contribution in [1.82, 2.24) is 10.2 Å². The lowest BCUT2D eigenvalue weighted by molar-refractivity contribution is -0.149. The molecule has 0 saturated carbocycles. The Labute approximate surface area is 122 Å². The molecule has 20 heavy (non-hydrogen) atoms. The first-order valence-electron chi connectivity index (χ1n) is 7.64. The molecule has 0 radical (unpaired) electrons. The van der Waals surface area contributed by atoms with Crippen molar-refractivity contribution in [3.05, 3.63) is 0 Å². The van der Waals surface area contributed by atoms with Crippen molar-refractivity contribution in [2.45, 2.75) is 46.6 Å². The van der Waals surface area contributed by atoms with Gasteiger partial charge in [-0.25, -0.2) is 0 Å². The van der Waals surface area contributed by atoms with Gasteiger partial charge in [-0.05, 0) is 18.8 Å². The Morgan fingerprint density at radius 3 is 2.60 bits per heavy atom. The number of morpholine rings is 1. The zero-order chi connectivity index (χ0) is 15.1. The van der Waals surface area contributed by atoms with Crippen molar-refractivity contribution in [2.24, 2.45) is 11.8 Å². The van der Waals surface area contributed by atoms with E-state index in [1.54, 1.807) is 0 Å². The minimum atomic E-state index is -0.0928. The van der Waals surface area contributed by atoms with Crippen LogP contribution in [-0.2, 0) is 14.3 Å². The van der Waals surface area contributed by atoms with Crippen LogP contribution in [0, 0.1) is 11.8 Å². The third kappa shape index (κ3) is 5.12. The quantitative estimate of drug-likeness (QED) is 0.769. The zero-order valence-electron chi connectivity index (χ0n) is 13.1. The van der Waals surface area contributed by atoms with Gasteiger partial charge in [0.15, 0.2) is 0 Å². The van der Waals surface area contributed by atoms with Gasteiger partial charge < -0.3 is 15.0 Å². The highest BCUT2D eigenvalue weighted by molar-refractivity contribution is 5.79. The molecule has 1 aliphatic heterocycles. The van der Waals surface area contributed by atoms with Gasteiger partial charge in [-0.15, -0.1) is 0 Å². The zero-order valence-corrected chi connectivity index (χ0v) is 13.1. The van der Waals surface area contributed by atoms with E-state index in [0.29, 0.717) is 19.0 Å². The molecule has 0 bridgehead atoms. The molecule has 2 amide bonds. The fourth-order valence-corrected chi connectivity index (χ4v) is 2.44. The Kier molecular flexibility index (Phi) is 6.99. The summed E-state index contributed by atoms with van der Waals surface area (Å²) in [5, 5.41) is 2.94. The molecule has 1 N–H and O–H groups in total. The summed E-state index contributed by atoms with van der Waals surface area (Å²) in [5.74, 6) is 0.649. The maximum absolute atomic E-state index is 11.9. The number of carbonyl (C=O) groups excluding carboxylic acids is 2. The van der Waals surface area contributed by atoms with Crippen molar-refractivity contribution in [3.63, 3.8) is 0 Å². The van der Waals surface area contributed by atoms with E-state index in [9.17, 15) is 9.59 Å². The maximum atomic E-state index is 11.9. The highest BCUT2D eigenvalue weighted by Gasteiger charge is 2.27. The summed E-state index contributed by atoms with van der Waals surface area (Å²) >= 11 is 0. The largest absolute Gasteiger partial charge is 0.365 e. The van der Waals surface area contributed by atoms with Gasteiger partial charge in [-0.2, -0.15) is 0 Å². The van der Waals surface area contributed by atoms with Crippen LogP contribution in [0.2, 0.25) is 0 Å². The number of hydrogen-bond donors (Lipinski definition) is 1. The molecule has 0 aromatic heterocycles. The Morgan fingerprint density at radius 2 is 2.05 bits per heavy atom. The predicted molar refractivity (Wildman–Crippen MR) is 78.2 cm³/mol. The second-order valence-electron chi connectivity index (χ2n) is 5.88. The number of nitrogens with one attached hydrogen (secondary N) is 1. The van der Waals surface area contributed by atoms with Crippen LogP contribution in [-0.4, -0.2) is 49.1 Å². The normalized spacial score (nSPS) is 19.8. The van der Waals surface area contributed by atoms with Gasteiger partial charge in [0.25, 0.3) is 0 Å². The second-order valence-corrected chi connectivity index (χ2v) is 5.88. The Balaban J connectivity index is 2.41. The molecule has 0 aromatic carbocycles. The van der Waals surface area contributed by atoms with E-state index in [1.165, 1.54) is 0 Å². The molecular formula is C15H28N2O3. The summed E-state index contributed by atoms with van der Waals surface area (Å²) in [6, 6.07) is 0. The summed E-state index contributed by atoms with van der Waals surface area (Å²) < 4.78 is 5.49. The van der Waals surface area contributed by atoms with Crippen LogP contribution in [0.25, 0.3) is 0 Å². The highest BCUT2D eigenvalue weighted by Crippen LogP contribution is 2.10. The summed E-state index contributed by atoms with van der Waals surface area (Å²) in [5.41, 5.74) is 0. The van der Waals surface area contributed by atoms with Crippen molar-refractivity contribution >= 4 is 11.8 Å². The molecule has 0 aromatic rings. The van der Waals surface area contributed by atoms with E-state index in [-0.39, 0.29) is 30.4 Å². The van der Waals surface area contributed by atoms with Crippen LogP contribution in [0.1, 0.15) is 40.5 Å². The molecule has 1 fully saturated rings. The number of nitrogens with zero attached hydrogens (tertiary/aromatic N) is 1. The van der Waals surface area contributed by atoms with Crippen LogP contribution in [0.15, 0.2) is 0 Å². The van der Waals surface area contributed by atoms with Crippen LogP contribution < -0.4 is 5.32 Å². The number of hydrogen-bond acceptors (Lipinski definition) is 3. The summed E-state index contributed by atoms with van der Waals surface area (Å²) in [6.07, 6.45) is 1.61. The number of ether oxygens (including phenoxy) is 1. The second kappa shape index (κ2) is 8.25. The van der Waals surface area contributed by atoms with E-state index >= 15 is 0 Å². The topological polar surface area (TPSA) is 58.6 Å². The lowest BCUT2D eigenvalue weighted by Gasteiger charge is -2.34. The van der Waals surface area contributed by atoms with Gasteiger partial charge in [-0.3, -0.25) is 9.59 Å². The monoisotopic (exact) mass is 284 g/mol. The average Bonchev–Trinajstić information content (AvgIpc) is 2.40. The fraction of sp³-hybridized carbons (Fsp3) is 0.867. The first-order valence-corrected chi connectivity index (χ1v) is 7.64. The van der Waals surface area contributed by atoms with Gasteiger partial charge >= 0.3 is 0 Å². The van der Waals surface area contributed by atoms with Gasteiger partial charge in [0.2, 0.25) is 11.8 Å². The maximum Gasteiger partial charge on any atom is 0.248 e. The highest BCUT2D eigenvalue weighted by atomic mass is 16.5. The third-order valence-corrected chi connectivity index (χ3v) is 3.67. The molecule has 5 nitrogen and oxygen atoms in total. The first kappa shape index (κ1) is 17.0. The lowest BCUT2D eigenvalue weighted by atomic mass is 10.0. The summed E-state index contributed by atoms with van der Waals surface area (Å²) in [4.78, 5) is 25.5. The molecule has 1 aliphatic rings. The van der Waals surface area contributed by atoms with E-state index < -0.39 is 0 Å². The number of rotatable bonds is 7. The van der Waals surface area contributed by atoms with Crippen molar-refractivity contribution < 1.29 is 14.3 Å². The lowest BCUT2D eigenvalue weighted by Crippen LogP contribution is -2.51. The molecule has 116 valence electrons. The minimum absolute atomic E-state index is 0.0428. The molecule has 1 rings (SSSR count). The summed E-state index contributed by atoms with van der Waals surface area (Å²) in [7, 11) is 0. The Morgan fingerprint density at radius 1 is 1.40 bits per heavy atom. The molecule has 0 aliphatic carbocycles. The predicted octanol–water partition coefficient (Wildman–Crippen LogP) is 1.42. The number of amides is 2. The fourth-order valence-electron chi connectivity index (χ4n) is 2.44. The SMILES string of the molecule is CCC(CC)C(=O)NCC1CN(CC(C)C)C(=O)CO1. The van der Waals surface area contributed by atoms with Crippen molar-refractivity contribution in [1.29, 1.82) is 0 Å². The Bertz CT molecular complexity index is 327. The van der Waals surface area contributed by atoms with Gasteiger partial charge in [0, 0.05) is 25.6 Å². The van der Waals surface area contributed by atoms with E-state index in [2.05, 4.69) is 19.2 Å². The molecule has 1 heterocycles. The van der Waals surface area contributed by atoms with Crippen LogP contribution in [0.3, 0.4) is 0 Å². The molecule has 1 unspecified atom stereocenters. The van der Waals surface area contributed by atoms with Crippen molar-refractivity contribution in [3.8, 4) is 0 Å². The van der Waals surface area contributed by atoms with Crippen LogP contribution in [0.5, 0.6) is 0 Å². The smallest absolute Gasteiger partial charge is 0.248 e. The number of carbonyl (C=O) groups is 2. The van der Waals surface area contributed by atoms with E-state index in [0.717, 1.165) is 19.4 Å². The standard InChI is InChI=1S/C15H28N2O3/c1-5-12(6-2)15(19)16-7-13-9-17(8-11(3)4)14(18)10-20-13/h11-13H,5-10H2,1-4H3,(H,16,19). The third-order valence-electron chi connectivity index (χ3n) is 3.67. The van der Waals surface area contributed by atoms with E-state index in [1.807, 2.05) is 18.7 Å². The van der Waals surface area contributed by atoms with Gasteiger partial charge in [0.1, 0.15) is 6.61 Å². The molecule has 1 saturated heterocycles. The first-order chi connectivity index (χ1) is 9.47. The minimum Gasteiger partial charge on any atom is -0.365 e. The summed E-state index contributed by atoms with van der Waals surface area (Å²) in [6.45, 7) is 10.1.